The highest BCUT2D eigenvalue weighted by Crippen LogP contribution is 2.67. The van der Waals surface area contributed by atoms with Gasteiger partial charge in [-0.2, -0.15) is 0 Å². The number of hydrogen-bond acceptors (Lipinski definition) is 4. The molecule has 0 aromatic rings. The van der Waals surface area contributed by atoms with Crippen molar-refractivity contribution >= 4 is 11.8 Å². The van der Waals surface area contributed by atoms with Gasteiger partial charge < -0.3 is 9.84 Å². The lowest BCUT2D eigenvalue weighted by molar-refractivity contribution is -0.160. The Morgan fingerprint density at radius 1 is 1.14 bits per heavy atom. The van der Waals surface area contributed by atoms with Gasteiger partial charge in [0.2, 0.25) is 0 Å². The minimum atomic E-state index is -0.283. The standard InChI is InChI=1S/C25H40O4/c1-15(5-8-23(28)29-4)18-6-7-19-17-14-22(27)21-13-16(26)9-11-25(21,3)20(17)10-12-24(18,19)2/h15-21,26H,5-14H2,1-4H3/t15-,16-,17+,18?,19+,20+,21+,24-,25-/m1/s1. The lowest BCUT2D eigenvalue weighted by Gasteiger charge is -2.60. The summed E-state index contributed by atoms with van der Waals surface area (Å²) in [6.45, 7) is 7.18. The van der Waals surface area contributed by atoms with E-state index in [4.69, 9.17) is 4.74 Å². The van der Waals surface area contributed by atoms with E-state index < -0.39 is 0 Å². The van der Waals surface area contributed by atoms with Crippen LogP contribution in [-0.4, -0.2) is 30.1 Å². The normalized spacial score (nSPS) is 47.7. The predicted octanol–water partition coefficient (Wildman–Crippen LogP) is 4.77. The van der Waals surface area contributed by atoms with E-state index in [1.165, 1.54) is 32.8 Å². The number of methoxy groups -OCH3 is 1. The van der Waals surface area contributed by atoms with Crippen molar-refractivity contribution in [1.82, 2.24) is 0 Å². The fourth-order valence-electron chi connectivity index (χ4n) is 8.64. The van der Waals surface area contributed by atoms with E-state index in [0.717, 1.165) is 25.7 Å². The third-order valence-corrected chi connectivity index (χ3v) is 10.2. The number of hydrogen-bond donors (Lipinski definition) is 1. The van der Waals surface area contributed by atoms with Crippen molar-refractivity contribution in [2.24, 2.45) is 46.3 Å². The van der Waals surface area contributed by atoms with Crippen molar-refractivity contribution in [3.05, 3.63) is 0 Å². The number of fused-ring (bicyclic) bond motifs is 5. The second-order valence-electron chi connectivity index (χ2n) is 11.4. The van der Waals surface area contributed by atoms with Gasteiger partial charge in [-0.25, -0.2) is 0 Å². The second-order valence-corrected chi connectivity index (χ2v) is 11.4. The SMILES string of the molecule is COC(=O)CC[C@@H](C)C1CC[C@H]2[C@@H]3CC(=O)[C@@H]4C[C@H](O)CC[C@]4(C)[C@H]3CC[C@]12C. The molecule has 4 fully saturated rings. The van der Waals surface area contributed by atoms with Gasteiger partial charge in [-0.3, -0.25) is 9.59 Å². The molecule has 164 valence electrons. The van der Waals surface area contributed by atoms with Crippen LogP contribution in [0.4, 0.5) is 0 Å². The van der Waals surface area contributed by atoms with E-state index in [1.807, 2.05) is 0 Å². The molecule has 4 rings (SSSR count). The number of ether oxygens (including phenoxy) is 1. The highest BCUT2D eigenvalue weighted by molar-refractivity contribution is 5.83. The number of rotatable bonds is 4. The Morgan fingerprint density at radius 2 is 1.83 bits per heavy atom. The Hall–Kier alpha value is -0.900. The third-order valence-electron chi connectivity index (χ3n) is 10.2. The Morgan fingerprint density at radius 3 is 2.55 bits per heavy atom. The molecule has 0 radical (unpaired) electrons. The van der Waals surface area contributed by atoms with Crippen molar-refractivity contribution in [3.8, 4) is 0 Å². The summed E-state index contributed by atoms with van der Waals surface area (Å²) >= 11 is 0. The monoisotopic (exact) mass is 404 g/mol. The van der Waals surface area contributed by atoms with Gasteiger partial charge in [0.25, 0.3) is 0 Å². The molecule has 9 atom stereocenters. The molecule has 0 aromatic carbocycles. The first-order valence-electron chi connectivity index (χ1n) is 12.0. The van der Waals surface area contributed by atoms with Crippen LogP contribution in [0, 0.1) is 46.3 Å². The molecule has 0 saturated heterocycles. The van der Waals surface area contributed by atoms with E-state index in [9.17, 15) is 14.7 Å². The van der Waals surface area contributed by atoms with Gasteiger partial charge in [-0.15, -0.1) is 0 Å². The molecule has 0 aromatic heterocycles. The first kappa shape index (κ1) is 21.3. The Bertz CT molecular complexity index is 659. The van der Waals surface area contributed by atoms with Crippen LogP contribution < -0.4 is 0 Å². The summed E-state index contributed by atoms with van der Waals surface area (Å²) in [7, 11) is 1.47. The molecule has 0 spiro atoms. The summed E-state index contributed by atoms with van der Waals surface area (Å²) in [5, 5.41) is 10.2. The summed E-state index contributed by atoms with van der Waals surface area (Å²) in [4.78, 5) is 24.8. The van der Waals surface area contributed by atoms with Crippen molar-refractivity contribution < 1.29 is 19.4 Å². The summed E-state index contributed by atoms with van der Waals surface area (Å²) in [6.07, 6.45) is 9.39. The maximum atomic E-state index is 13.2. The van der Waals surface area contributed by atoms with E-state index >= 15 is 0 Å². The predicted molar refractivity (Wildman–Crippen MR) is 112 cm³/mol. The van der Waals surface area contributed by atoms with Crippen LogP contribution in [-0.2, 0) is 14.3 Å². The van der Waals surface area contributed by atoms with E-state index in [0.29, 0.717) is 53.6 Å². The topological polar surface area (TPSA) is 63.6 Å². The van der Waals surface area contributed by atoms with Crippen molar-refractivity contribution in [2.75, 3.05) is 7.11 Å². The van der Waals surface area contributed by atoms with Crippen LogP contribution in [0.3, 0.4) is 0 Å². The van der Waals surface area contributed by atoms with Gasteiger partial charge in [0.15, 0.2) is 0 Å². The fourth-order valence-corrected chi connectivity index (χ4v) is 8.64. The van der Waals surface area contributed by atoms with Crippen LogP contribution in [0.2, 0.25) is 0 Å². The number of esters is 1. The number of Topliss-reactive ketones (excluding diaryl/α,β-unsaturated/α-hetero) is 1. The maximum absolute atomic E-state index is 13.2. The Labute approximate surface area is 176 Å². The first-order chi connectivity index (χ1) is 13.7. The van der Waals surface area contributed by atoms with Crippen LogP contribution >= 0.6 is 0 Å². The molecular formula is C25H40O4. The van der Waals surface area contributed by atoms with Crippen LogP contribution in [0.25, 0.3) is 0 Å². The quantitative estimate of drug-likeness (QED) is 0.685. The van der Waals surface area contributed by atoms with Crippen LogP contribution in [0.15, 0.2) is 0 Å². The molecule has 4 saturated carbocycles. The summed E-state index contributed by atoms with van der Waals surface area (Å²) in [6, 6.07) is 0. The van der Waals surface area contributed by atoms with Crippen molar-refractivity contribution in [3.63, 3.8) is 0 Å². The minimum absolute atomic E-state index is 0.0769. The number of aliphatic hydroxyl groups is 1. The molecule has 0 heterocycles. The highest BCUT2D eigenvalue weighted by atomic mass is 16.5. The molecule has 1 unspecified atom stereocenters. The molecular weight excluding hydrogens is 364 g/mol. The molecule has 4 aliphatic carbocycles. The second kappa shape index (κ2) is 7.66. The number of carbonyl (C=O) groups is 2. The zero-order valence-electron chi connectivity index (χ0n) is 18.8. The van der Waals surface area contributed by atoms with Crippen molar-refractivity contribution in [1.29, 1.82) is 0 Å². The number of carbonyl (C=O) groups excluding carboxylic acids is 2. The zero-order valence-corrected chi connectivity index (χ0v) is 18.8. The molecule has 0 aliphatic heterocycles. The van der Waals surface area contributed by atoms with Gasteiger partial charge in [-0.1, -0.05) is 20.8 Å². The molecule has 0 amide bonds. The molecule has 0 bridgehead atoms. The molecule has 4 aliphatic rings. The van der Waals surface area contributed by atoms with E-state index in [-0.39, 0.29) is 23.4 Å². The summed E-state index contributed by atoms with van der Waals surface area (Å²) < 4.78 is 4.85. The maximum Gasteiger partial charge on any atom is 0.305 e. The average Bonchev–Trinajstić information content (AvgIpc) is 3.05. The van der Waals surface area contributed by atoms with Gasteiger partial charge >= 0.3 is 5.97 Å². The molecule has 4 heteroatoms. The van der Waals surface area contributed by atoms with Crippen molar-refractivity contribution in [2.45, 2.75) is 91.1 Å². The highest BCUT2D eigenvalue weighted by Gasteiger charge is 2.62. The smallest absolute Gasteiger partial charge is 0.305 e. The van der Waals surface area contributed by atoms with Gasteiger partial charge in [0, 0.05) is 18.8 Å². The number of ketones is 1. The Balaban J connectivity index is 1.52. The van der Waals surface area contributed by atoms with Crippen LogP contribution in [0.5, 0.6) is 0 Å². The van der Waals surface area contributed by atoms with Gasteiger partial charge in [-0.05, 0) is 91.8 Å². The summed E-state index contributed by atoms with van der Waals surface area (Å²) in [5.41, 5.74) is 0.392. The fraction of sp³-hybridized carbons (Fsp3) is 0.920. The van der Waals surface area contributed by atoms with Crippen LogP contribution in [0.1, 0.15) is 85.0 Å². The van der Waals surface area contributed by atoms with Gasteiger partial charge in [0.05, 0.1) is 13.2 Å². The molecule has 4 nitrogen and oxygen atoms in total. The number of aliphatic hydroxyl groups excluding tert-OH is 1. The lowest BCUT2D eigenvalue weighted by Crippen LogP contribution is -2.57. The minimum Gasteiger partial charge on any atom is -0.469 e. The lowest BCUT2D eigenvalue weighted by atomic mass is 9.44. The largest absolute Gasteiger partial charge is 0.469 e. The first-order valence-corrected chi connectivity index (χ1v) is 12.0. The molecule has 29 heavy (non-hydrogen) atoms. The summed E-state index contributed by atoms with van der Waals surface area (Å²) in [5.74, 6) is 3.37. The van der Waals surface area contributed by atoms with E-state index in [2.05, 4.69) is 20.8 Å². The zero-order chi connectivity index (χ0) is 21.0. The third kappa shape index (κ3) is 3.38. The molecule has 1 N–H and O–H groups in total. The average molecular weight is 405 g/mol. The van der Waals surface area contributed by atoms with E-state index in [1.54, 1.807) is 0 Å². The van der Waals surface area contributed by atoms with Gasteiger partial charge in [0.1, 0.15) is 5.78 Å². The Kier molecular flexibility index (Phi) is 5.63.